The van der Waals surface area contributed by atoms with Crippen molar-refractivity contribution in [1.82, 2.24) is 9.97 Å². The number of nitriles is 1. The number of ketones is 1. The smallest absolute Gasteiger partial charge is 0.230 e. The Morgan fingerprint density at radius 2 is 1.65 bits per heavy atom. The van der Waals surface area contributed by atoms with Crippen LogP contribution in [-0.2, 0) is 0 Å². The molecule has 2 aromatic carbocycles. The average Bonchev–Trinajstić information content (AvgIpc) is 2.61. The number of hydrogen-bond donors (Lipinski definition) is 1. The van der Waals surface area contributed by atoms with Crippen LogP contribution in [0, 0.1) is 11.3 Å². The monoisotopic (exact) mass is 402 g/mol. The predicted octanol–water partition coefficient (Wildman–Crippen LogP) is 4.79. The fraction of sp³-hybridized carbons (Fsp3) is 0. The van der Waals surface area contributed by atoms with Crippen molar-refractivity contribution < 1.29 is 4.79 Å². The molecule has 0 radical (unpaired) electrons. The molecule has 0 spiro atoms. The Kier molecular flexibility index (Phi) is 5.10. The van der Waals surface area contributed by atoms with Crippen molar-refractivity contribution in [2.24, 2.45) is 0 Å². The van der Waals surface area contributed by atoms with Gasteiger partial charge in [0.1, 0.15) is 17.5 Å². The molecule has 0 saturated carbocycles. The number of anilines is 1. The Labute approximate surface area is 164 Å². The zero-order valence-corrected chi connectivity index (χ0v) is 15.3. The number of carbonyl (C=O) groups excluding carboxylic acids is 1. The number of benzene rings is 2. The van der Waals surface area contributed by atoms with Crippen LogP contribution in [0.15, 0.2) is 42.5 Å². The Bertz CT molecular complexity index is 1060. The van der Waals surface area contributed by atoms with Crippen molar-refractivity contribution >= 4 is 46.4 Å². The normalized spacial score (nSPS) is 10.4. The number of carbonyl (C=O) groups is 1. The maximum absolute atomic E-state index is 12.7. The van der Waals surface area contributed by atoms with E-state index in [9.17, 15) is 10.1 Å². The summed E-state index contributed by atoms with van der Waals surface area (Å²) in [6.07, 6.45) is 0. The van der Waals surface area contributed by atoms with E-state index in [2.05, 4.69) is 9.97 Å². The van der Waals surface area contributed by atoms with Gasteiger partial charge in [-0.25, -0.2) is 9.97 Å². The summed E-state index contributed by atoms with van der Waals surface area (Å²) in [7, 11) is 0. The van der Waals surface area contributed by atoms with Gasteiger partial charge in [0, 0.05) is 21.2 Å². The molecular formula is C18H9Cl3N4O. The lowest BCUT2D eigenvalue weighted by Gasteiger charge is -2.10. The lowest BCUT2D eigenvalue weighted by Crippen LogP contribution is -2.12. The zero-order valence-electron chi connectivity index (χ0n) is 13.0. The number of halogens is 3. The van der Waals surface area contributed by atoms with Crippen LogP contribution in [0.4, 0.5) is 5.82 Å². The van der Waals surface area contributed by atoms with E-state index in [0.717, 1.165) is 0 Å². The standard InChI is InChI=1S/C18H9Cl3N4O/c19-10-3-1-9(2-4-10)16(26)18-24-15(13(8-22)17(23)25-18)12-6-5-11(20)7-14(12)21/h1-7H,(H2,23,24,25). The molecule has 3 rings (SSSR count). The van der Waals surface area contributed by atoms with Crippen molar-refractivity contribution in [3.63, 3.8) is 0 Å². The van der Waals surface area contributed by atoms with Crippen LogP contribution in [0.5, 0.6) is 0 Å². The maximum Gasteiger partial charge on any atom is 0.230 e. The first-order valence-electron chi connectivity index (χ1n) is 7.24. The Morgan fingerprint density at radius 1 is 1.00 bits per heavy atom. The van der Waals surface area contributed by atoms with E-state index in [0.29, 0.717) is 21.2 Å². The van der Waals surface area contributed by atoms with Crippen LogP contribution in [0.2, 0.25) is 15.1 Å². The summed E-state index contributed by atoms with van der Waals surface area (Å²) in [6.45, 7) is 0. The minimum atomic E-state index is -0.454. The summed E-state index contributed by atoms with van der Waals surface area (Å²) in [5, 5.41) is 10.6. The molecule has 0 saturated heterocycles. The van der Waals surface area contributed by atoms with Crippen molar-refractivity contribution in [1.29, 1.82) is 5.26 Å². The molecule has 0 unspecified atom stereocenters. The number of rotatable bonds is 3. The topological polar surface area (TPSA) is 92.7 Å². The van der Waals surface area contributed by atoms with Gasteiger partial charge in [0.2, 0.25) is 11.6 Å². The SMILES string of the molecule is N#Cc1c(N)nc(C(=O)c2ccc(Cl)cc2)nc1-c1ccc(Cl)cc1Cl. The zero-order chi connectivity index (χ0) is 18.8. The van der Waals surface area contributed by atoms with E-state index in [1.54, 1.807) is 36.4 Å². The fourth-order valence-corrected chi connectivity index (χ4v) is 2.92. The summed E-state index contributed by atoms with van der Waals surface area (Å²) in [5.74, 6) is -0.713. The van der Waals surface area contributed by atoms with E-state index < -0.39 is 5.78 Å². The molecule has 5 nitrogen and oxygen atoms in total. The minimum Gasteiger partial charge on any atom is -0.382 e. The van der Waals surface area contributed by atoms with Crippen LogP contribution in [-0.4, -0.2) is 15.8 Å². The van der Waals surface area contributed by atoms with Gasteiger partial charge in [0.25, 0.3) is 0 Å². The molecule has 128 valence electrons. The molecule has 0 atom stereocenters. The van der Waals surface area contributed by atoms with Gasteiger partial charge in [0.05, 0.1) is 10.7 Å². The highest BCUT2D eigenvalue weighted by Gasteiger charge is 2.21. The van der Waals surface area contributed by atoms with Gasteiger partial charge in [-0.15, -0.1) is 0 Å². The van der Waals surface area contributed by atoms with Crippen LogP contribution in [0.1, 0.15) is 21.7 Å². The summed E-state index contributed by atoms with van der Waals surface area (Å²) in [4.78, 5) is 20.9. The van der Waals surface area contributed by atoms with Gasteiger partial charge in [-0.05, 0) is 42.5 Å². The van der Waals surface area contributed by atoms with E-state index >= 15 is 0 Å². The molecule has 0 amide bonds. The molecule has 26 heavy (non-hydrogen) atoms. The van der Waals surface area contributed by atoms with Gasteiger partial charge in [-0.2, -0.15) is 5.26 Å². The van der Waals surface area contributed by atoms with Crippen molar-refractivity contribution in [2.75, 3.05) is 5.73 Å². The van der Waals surface area contributed by atoms with Crippen LogP contribution in [0.3, 0.4) is 0 Å². The van der Waals surface area contributed by atoms with Gasteiger partial charge in [0.15, 0.2) is 0 Å². The lowest BCUT2D eigenvalue weighted by atomic mass is 10.1. The highest BCUT2D eigenvalue weighted by Crippen LogP contribution is 2.32. The third-order valence-electron chi connectivity index (χ3n) is 3.54. The van der Waals surface area contributed by atoms with Crippen molar-refractivity contribution in [3.05, 3.63) is 74.5 Å². The highest BCUT2D eigenvalue weighted by atomic mass is 35.5. The molecule has 0 aliphatic carbocycles. The highest BCUT2D eigenvalue weighted by molar-refractivity contribution is 6.36. The number of nitrogens with zero attached hydrogens (tertiary/aromatic N) is 3. The van der Waals surface area contributed by atoms with Gasteiger partial charge in [-0.3, -0.25) is 4.79 Å². The second-order valence-corrected chi connectivity index (χ2v) is 6.51. The number of aromatic nitrogens is 2. The third kappa shape index (κ3) is 3.49. The minimum absolute atomic E-state index is 0.0295. The quantitative estimate of drug-likeness (QED) is 0.635. The molecular weight excluding hydrogens is 395 g/mol. The van der Waals surface area contributed by atoms with E-state index in [4.69, 9.17) is 40.5 Å². The number of hydrogen-bond acceptors (Lipinski definition) is 5. The molecule has 1 heterocycles. The predicted molar refractivity (Wildman–Crippen MR) is 101 cm³/mol. The van der Waals surface area contributed by atoms with E-state index in [1.807, 2.05) is 6.07 Å². The number of nitrogen functional groups attached to an aromatic ring is 1. The first-order valence-corrected chi connectivity index (χ1v) is 8.37. The Hall–Kier alpha value is -2.65. The summed E-state index contributed by atoms with van der Waals surface area (Å²) < 4.78 is 0. The van der Waals surface area contributed by atoms with Gasteiger partial charge >= 0.3 is 0 Å². The van der Waals surface area contributed by atoms with Gasteiger partial charge < -0.3 is 5.73 Å². The Morgan fingerprint density at radius 3 is 2.27 bits per heavy atom. The summed E-state index contributed by atoms with van der Waals surface area (Å²) in [6, 6.07) is 12.9. The first kappa shape index (κ1) is 18.2. The fourth-order valence-electron chi connectivity index (χ4n) is 2.30. The van der Waals surface area contributed by atoms with Crippen LogP contribution < -0.4 is 5.73 Å². The summed E-state index contributed by atoms with van der Waals surface area (Å²) in [5.41, 5.74) is 6.83. The maximum atomic E-state index is 12.7. The third-order valence-corrected chi connectivity index (χ3v) is 4.34. The van der Waals surface area contributed by atoms with E-state index in [1.165, 1.54) is 6.07 Å². The second kappa shape index (κ2) is 7.30. The first-order chi connectivity index (χ1) is 12.4. The Balaban J connectivity index is 2.18. The molecule has 0 bridgehead atoms. The van der Waals surface area contributed by atoms with Crippen LogP contribution >= 0.6 is 34.8 Å². The summed E-state index contributed by atoms with van der Waals surface area (Å²) >= 11 is 18.0. The largest absolute Gasteiger partial charge is 0.382 e. The van der Waals surface area contributed by atoms with Crippen molar-refractivity contribution in [3.8, 4) is 17.3 Å². The molecule has 0 aliphatic rings. The molecule has 1 aromatic heterocycles. The average molecular weight is 404 g/mol. The number of nitrogens with two attached hydrogens (primary N) is 1. The van der Waals surface area contributed by atoms with Crippen molar-refractivity contribution in [2.45, 2.75) is 0 Å². The molecule has 2 N–H and O–H groups in total. The molecule has 0 fully saturated rings. The van der Waals surface area contributed by atoms with Gasteiger partial charge in [-0.1, -0.05) is 34.8 Å². The second-order valence-electron chi connectivity index (χ2n) is 5.23. The lowest BCUT2D eigenvalue weighted by molar-refractivity contribution is 0.102. The molecule has 3 aromatic rings. The molecule has 8 heteroatoms. The molecule has 0 aliphatic heterocycles. The van der Waals surface area contributed by atoms with E-state index in [-0.39, 0.29) is 27.9 Å². The van der Waals surface area contributed by atoms with Crippen LogP contribution in [0.25, 0.3) is 11.3 Å².